The topological polar surface area (TPSA) is 35.7 Å². The van der Waals surface area contributed by atoms with Crippen molar-refractivity contribution in [1.29, 1.82) is 0 Å². The molecule has 1 N–H and O–H groups in total. The van der Waals surface area contributed by atoms with Crippen molar-refractivity contribution in [2.75, 3.05) is 30.9 Å². The molecule has 2 heterocycles. The second kappa shape index (κ2) is 6.39. The zero-order chi connectivity index (χ0) is 17.4. The molecule has 0 bridgehead atoms. The Morgan fingerprint density at radius 2 is 1.84 bits per heavy atom. The van der Waals surface area contributed by atoms with Crippen LogP contribution < -0.4 is 9.64 Å². The van der Waals surface area contributed by atoms with Crippen LogP contribution in [-0.2, 0) is 5.72 Å². The van der Waals surface area contributed by atoms with E-state index in [0.717, 1.165) is 40.9 Å². The Morgan fingerprint density at radius 1 is 1.12 bits per heavy atom. The fourth-order valence-electron chi connectivity index (χ4n) is 3.53. The molecule has 0 spiro atoms. The highest BCUT2D eigenvalue weighted by atomic mass is 32.2. The molecule has 25 heavy (non-hydrogen) atoms. The SMILES string of the molecule is COc1ccc(N2CC(O)(c3ccc(C)cc3)[N+]3=C2SCCC3)cc1. The Labute approximate surface area is 152 Å². The number of aliphatic hydroxyl groups is 1. The molecule has 0 fully saturated rings. The van der Waals surface area contributed by atoms with E-state index in [1.54, 1.807) is 7.11 Å². The standard InChI is InChI=1S/C20H23N2O2S/c1-15-4-6-16(7-5-15)20(23)14-21(19-22(20)12-3-13-25-19)17-8-10-18(24-2)11-9-17/h4-11,23H,3,12-14H2,1-2H3/q+1. The van der Waals surface area contributed by atoms with Crippen LogP contribution in [0.4, 0.5) is 5.69 Å². The molecule has 130 valence electrons. The minimum absolute atomic E-state index is 0.532. The number of benzene rings is 2. The Balaban J connectivity index is 1.75. The van der Waals surface area contributed by atoms with Crippen LogP contribution in [0.1, 0.15) is 17.5 Å². The van der Waals surface area contributed by atoms with Gasteiger partial charge >= 0.3 is 5.17 Å². The van der Waals surface area contributed by atoms with Gasteiger partial charge < -0.3 is 9.84 Å². The summed E-state index contributed by atoms with van der Waals surface area (Å²) in [7, 11) is 1.68. The van der Waals surface area contributed by atoms with Crippen molar-refractivity contribution < 1.29 is 14.4 Å². The summed E-state index contributed by atoms with van der Waals surface area (Å²) in [5.41, 5.74) is 2.25. The van der Waals surface area contributed by atoms with Gasteiger partial charge in [-0.05, 0) is 49.4 Å². The van der Waals surface area contributed by atoms with Crippen LogP contribution in [0.2, 0.25) is 0 Å². The molecule has 1 atom stereocenters. The normalized spacial score (nSPS) is 22.9. The van der Waals surface area contributed by atoms with Gasteiger partial charge in [-0.1, -0.05) is 29.8 Å². The van der Waals surface area contributed by atoms with Crippen LogP contribution in [0.5, 0.6) is 5.75 Å². The van der Waals surface area contributed by atoms with Crippen molar-refractivity contribution in [3.05, 3.63) is 59.7 Å². The maximum absolute atomic E-state index is 11.6. The van der Waals surface area contributed by atoms with E-state index in [2.05, 4.69) is 40.7 Å². The van der Waals surface area contributed by atoms with E-state index in [4.69, 9.17) is 4.74 Å². The van der Waals surface area contributed by atoms with Gasteiger partial charge in [0.2, 0.25) is 0 Å². The number of anilines is 1. The predicted octanol–water partition coefficient (Wildman–Crippen LogP) is 3.17. The van der Waals surface area contributed by atoms with Gasteiger partial charge in [0.05, 0.1) is 13.7 Å². The molecule has 1 unspecified atom stereocenters. The molecule has 0 aliphatic carbocycles. The van der Waals surface area contributed by atoms with E-state index in [1.165, 1.54) is 5.56 Å². The van der Waals surface area contributed by atoms with Gasteiger partial charge in [-0.3, -0.25) is 0 Å². The van der Waals surface area contributed by atoms with Crippen molar-refractivity contribution in [1.82, 2.24) is 0 Å². The number of hydrogen-bond donors (Lipinski definition) is 1. The first-order valence-corrected chi connectivity index (χ1v) is 9.59. The van der Waals surface area contributed by atoms with Crippen LogP contribution in [-0.4, -0.2) is 40.8 Å². The monoisotopic (exact) mass is 355 g/mol. The molecule has 2 aliphatic rings. The number of β-amino-alcohol motifs (C(OH)–C–C–N with tert-alkyl or cyclic N) is 1. The van der Waals surface area contributed by atoms with Gasteiger partial charge in [0, 0.05) is 11.3 Å². The lowest BCUT2D eigenvalue weighted by molar-refractivity contribution is -0.656. The molecule has 0 amide bonds. The van der Waals surface area contributed by atoms with E-state index >= 15 is 0 Å². The van der Waals surface area contributed by atoms with Crippen molar-refractivity contribution in [2.24, 2.45) is 0 Å². The largest absolute Gasteiger partial charge is 0.497 e. The minimum Gasteiger partial charge on any atom is -0.497 e. The number of nitrogens with zero attached hydrogens (tertiary/aromatic N) is 2. The third kappa shape index (κ3) is 2.81. The van der Waals surface area contributed by atoms with Gasteiger partial charge in [0.25, 0.3) is 5.72 Å². The van der Waals surface area contributed by atoms with Crippen LogP contribution in [0.3, 0.4) is 0 Å². The zero-order valence-corrected chi connectivity index (χ0v) is 15.4. The predicted molar refractivity (Wildman–Crippen MR) is 103 cm³/mol. The maximum atomic E-state index is 11.6. The van der Waals surface area contributed by atoms with E-state index in [0.29, 0.717) is 6.54 Å². The van der Waals surface area contributed by atoms with Crippen LogP contribution in [0, 0.1) is 6.92 Å². The highest BCUT2D eigenvalue weighted by Gasteiger charge is 2.53. The van der Waals surface area contributed by atoms with Crippen molar-refractivity contribution in [2.45, 2.75) is 19.1 Å². The quantitative estimate of drug-likeness (QED) is 0.858. The first-order chi connectivity index (χ1) is 12.1. The molecule has 0 aromatic heterocycles. The zero-order valence-electron chi connectivity index (χ0n) is 14.6. The van der Waals surface area contributed by atoms with Gasteiger partial charge in [-0.25, -0.2) is 9.48 Å². The van der Waals surface area contributed by atoms with E-state index in [9.17, 15) is 5.11 Å². The first-order valence-electron chi connectivity index (χ1n) is 8.60. The van der Waals surface area contributed by atoms with Crippen LogP contribution >= 0.6 is 11.8 Å². The molecule has 5 heteroatoms. The lowest BCUT2D eigenvalue weighted by Crippen LogP contribution is -2.41. The number of thioether (sulfide) groups is 1. The average Bonchev–Trinajstić information content (AvgIpc) is 2.97. The van der Waals surface area contributed by atoms with Gasteiger partial charge in [0.1, 0.15) is 11.4 Å². The lowest BCUT2D eigenvalue weighted by Gasteiger charge is -2.24. The molecule has 0 radical (unpaired) electrons. The third-order valence-corrected chi connectivity index (χ3v) is 6.13. The summed E-state index contributed by atoms with van der Waals surface area (Å²) in [4.78, 5) is 2.23. The van der Waals surface area contributed by atoms with Crippen LogP contribution in [0.25, 0.3) is 0 Å². The number of amidine groups is 1. The highest BCUT2D eigenvalue weighted by molar-refractivity contribution is 8.13. The second-order valence-corrected chi connectivity index (χ2v) is 7.67. The number of aryl methyl sites for hydroxylation is 1. The van der Waals surface area contributed by atoms with E-state index < -0.39 is 5.72 Å². The van der Waals surface area contributed by atoms with Crippen molar-refractivity contribution >= 4 is 22.6 Å². The summed E-state index contributed by atoms with van der Waals surface area (Å²) in [6.45, 7) is 3.48. The Hall–Kier alpha value is -1.98. The van der Waals surface area contributed by atoms with Gasteiger partial charge in [-0.15, -0.1) is 0 Å². The molecule has 4 nitrogen and oxygen atoms in total. The lowest BCUT2D eigenvalue weighted by atomic mass is 10.0. The maximum Gasteiger partial charge on any atom is 0.316 e. The minimum atomic E-state index is -0.990. The Kier molecular flexibility index (Phi) is 4.21. The molecule has 0 saturated heterocycles. The summed E-state index contributed by atoms with van der Waals surface area (Å²) in [6, 6.07) is 16.3. The van der Waals surface area contributed by atoms with Crippen molar-refractivity contribution in [3.8, 4) is 5.75 Å². The first kappa shape index (κ1) is 16.5. The number of ether oxygens (including phenoxy) is 1. The fourth-order valence-corrected chi connectivity index (χ4v) is 4.71. The van der Waals surface area contributed by atoms with Crippen molar-refractivity contribution in [3.63, 3.8) is 0 Å². The highest BCUT2D eigenvalue weighted by Crippen LogP contribution is 2.37. The summed E-state index contributed by atoms with van der Waals surface area (Å²) >= 11 is 1.82. The number of methoxy groups -OCH3 is 1. The summed E-state index contributed by atoms with van der Waals surface area (Å²) in [5.74, 6) is 1.93. The fraction of sp³-hybridized carbons (Fsp3) is 0.350. The van der Waals surface area contributed by atoms with Gasteiger partial charge in [0.15, 0.2) is 6.54 Å². The molecule has 2 aromatic carbocycles. The molecular weight excluding hydrogens is 332 g/mol. The number of rotatable bonds is 3. The number of hydrogen-bond acceptors (Lipinski definition) is 4. The van der Waals surface area contributed by atoms with Gasteiger partial charge in [-0.2, -0.15) is 0 Å². The van der Waals surface area contributed by atoms with Crippen LogP contribution in [0.15, 0.2) is 48.5 Å². The average molecular weight is 355 g/mol. The molecule has 0 saturated carbocycles. The second-order valence-electron chi connectivity index (χ2n) is 6.60. The van der Waals surface area contributed by atoms with E-state index in [-0.39, 0.29) is 0 Å². The molecular formula is C20H23N2O2S+. The molecule has 4 rings (SSSR count). The van der Waals surface area contributed by atoms with E-state index in [1.807, 2.05) is 36.0 Å². The molecule has 2 aromatic rings. The Morgan fingerprint density at radius 3 is 2.52 bits per heavy atom. The smallest absolute Gasteiger partial charge is 0.316 e. The molecule has 2 aliphatic heterocycles. The summed E-state index contributed by atoms with van der Waals surface area (Å²) in [5, 5.41) is 12.7. The third-order valence-electron chi connectivity index (χ3n) is 4.94. The summed E-state index contributed by atoms with van der Waals surface area (Å²) < 4.78 is 7.43. The summed E-state index contributed by atoms with van der Waals surface area (Å²) in [6.07, 6.45) is 1.08. The Bertz CT molecular complexity index is 801.